The number of aromatic nitrogens is 3. The average Bonchev–Trinajstić information content (AvgIpc) is 3.27. The molecular weight excluding hydrogens is 322 g/mol. The van der Waals surface area contributed by atoms with Crippen LogP contribution in [0.25, 0.3) is 28.0 Å². The fraction of sp³-hybridized carbons (Fsp3) is 0.111. The highest BCUT2D eigenvalue weighted by molar-refractivity contribution is 7.10. The molecule has 4 aromatic rings. The molecule has 0 bridgehead atoms. The van der Waals surface area contributed by atoms with Crippen LogP contribution in [-0.2, 0) is 6.61 Å². The maximum atomic E-state index is 9.23. The van der Waals surface area contributed by atoms with E-state index in [1.165, 1.54) is 0 Å². The highest BCUT2D eigenvalue weighted by atomic mass is 32.1. The molecule has 0 aromatic carbocycles. The van der Waals surface area contributed by atoms with Crippen LogP contribution in [0.15, 0.2) is 54.3 Å². The van der Waals surface area contributed by atoms with Crippen molar-refractivity contribution in [3.05, 3.63) is 59.2 Å². The Morgan fingerprint density at radius 3 is 2.92 bits per heavy atom. The van der Waals surface area contributed by atoms with Crippen LogP contribution in [0.2, 0.25) is 0 Å². The van der Waals surface area contributed by atoms with Crippen LogP contribution >= 0.6 is 11.3 Å². The number of hydrogen-bond acceptors (Lipinski definition) is 5. The predicted octanol–water partition coefficient (Wildman–Crippen LogP) is 3.63. The number of hydrogen-bond donors (Lipinski definition) is 1. The van der Waals surface area contributed by atoms with Crippen molar-refractivity contribution in [2.24, 2.45) is 0 Å². The highest BCUT2D eigenvalue weighted by Crippen LogP contribution is 2.29. The predicted molar refractivity (Wildman–Crippen MR) is 94.2 cm³/mol. The number of fused-ring (bicyclic) bond motifs is 1. The zero-order chi connectivity index (χ0) is 16.5. The number of pyridine rings is 2. The van der Waals surface area contributed by atoms with Gasteiger partial charge >= 0.3 is 0 Å². The second-order valence-electron chi connectivity index (χ2n) is 5.33. The van der Waals surface area contributed by atoms with Crippen molar-refractivity contribution in [1.29, 1.82) is 0 Å². The molecule has 0 aliphatic carbocycles. The SMILES string of the molecule is COc1ncccc1-c1cn2cc(-c3csc(CO)c3)ccc2n1. The molecule has 0 spiro atoms. The summed E-state index contributed by atoms with van der Waals surface area (Å²) in [7, 11) is 1.61. The molecule has 1 N–H and O–H groups in total. The minimum Gasteiger partial charge on any atom is -0.481 e. The monoisotopic (exact) mass is 337 g/mol. The Morgan fingerprint density at radius 1 is 1.21 bits per heavy atom. The van der Waals surface area contributed by atoms with Gasteiger partial charge < -0.3 is 14.2 Å². The lowest BCUT2D eigenvalue weighted by Crippen LogP contribution is -1.90. The molecule has 0 aliphatic heterocycles. The minimum absolute atomic E-state index is 0.0724. The van der Waals surface area contributed by atoms with Gasteiger partial charge in [0.15, 0.2) is 0 Å². The summed E-state index contributed by atoms with van der Waals surface area (Å²) in [6.45, 7) is 0.0724. The maximum absolute atomic E-state index is 9.23. The number of ether oxygens (including phenoxy) is 1. The van der Waals surface area contributed by atoms with Crippen LogP contribution in [0.5, 0.6) is 5.88 Å². The smallest absolute Gasteiger partial charge is 0.222 e. The van der Waals surface area contributed by atoms with E-state index in [9.17, 15) is 5.11 Å². The van der Waals surface area contributed by atoms with Gasteiger partial charge in [-0.05, 0) is 46.8 Å². The van der Waals surface area contributed by atoms with Crippen molar-refractivity contribution in [3.63, 3.8) is 0 Å². The van der Waals surface area contributed by atoms with Gasteiger partial charge in [-0.15, -0.1) is 11.3 Å². The first-order valence-electron chi connectivity index (χ1n) is 7.45. The van der Waals surface area contributed by atoms with Crippen LogP contribution in [0, 0.1) is 0 Å². The number of imidazole rings is 1. The highest BCUT2D eigenvalue weighted by Gasteiger charge is 2.11. The molecule has 6 heteroatoms. The summed E-state index contributed by atoms with van der Waals surface area (Å²) in [6.07, 6.45) is 5.71. The summed E-state index contributed by atoms with van der Waals surface area (Å²) in [6, 6.07) is 9.84. The standard InChI is InChI=1S/C18H15N3O2S/c1-23-18-15(3-2-6-19-18)16-9-21-8-12(4-5-17(21)20-16)13-7-14(10-22)24-11-13/h2-9,11,22H,10H2,1H3. The molecule has 0 amide bonds. The van der Waals surface area contributed by atoms with E-state index >= 15 is 0 Å². The number of thiophene rings is 1. The molecule has 0 saturated carbocycles. The van der Waals surface area contributed by atoms with Gasteiger partial charge in [-0.3, -0.25) is 0 Å². The van der Waals surface area contributed by atoms with Gasteiger partial charge in [0, 0.05) is 23.5 Å². The number of nitrogens with zero attached hydrogens (tertiary/aromatic N) is 3. The lowest BCUT2D eigenvalue weighted by atomic mass is 10.1. The lowest BCUT2D eigenvalue weighted by Gasteiger charge is -2.02. The third kappa shape index (κ3) is 2.55. The molecule has 0 atom stereocenters. The fourth-order valence-electron chi connectivity index (χ4n) is 2.66. The molecule has 4 rings (SSSR count). The topological polar surface area (TPSA) is 59.7 Å². The first-order valence-corrected chi connectivity index (χ1v) is 8.33. The first kappa shape index (κ1) is 14.9. The largest absolute Gasteiger partial charge is 0.481 e. The fourth-order valence-corrected chi connectivity index (χ4v) is 3.41. The number of aliphatic hydroxyl groups is 1. The first-order chi connectivity index (χ1) is 11.8. The van der Waals surface area contributed by atoms with Crippen LogP contribution < -0.4 is 4.74 Å². The van der Waals surface area contributed by atoms with Crippen molar-refractivity contribution in [2.45, 2.75) is 6.61 Å². The van der Waals surface area contributed by atoms with Gasteiger partial charge in [0.1, 0.15) is 5.65 Å². The Morgan fingerprint density at radius 2 is 2.12 bits per heavy atom. The molecule has 24 heavy (non-hydrogen) atoms. The van der Waals surface area contributed by atoms with Gasteiger partial charge in [-0.2, -0.15) is 0 Å². The van der Waals surface area contributed by atoms with E-state index in [0.29, 0.717) is 5.88 Å². The zero-order valence-electron chi connectivity index (χ0n) is 13.0. The van der Waals surface area contributed by atoms with E-state index in [1.54, 1.807) is 24.6 Å². The molecule has 4 aromatic heterocycles. The van der Waals surface area contributed by atoms with Gasteiger partial charge in [0.05, 0.1) is 25.0 Å². The van der Waals surface area contributed by atoms with E-state index in [4.69, 9.17) is 4.74 Å². The molecule has 0 fully saturated rings. The summed E-state index contributed by atoms with van der Waals surface area (Å²) >= 11 is 1.56. The van der Waals surface area contributed by atoms with Crippen molar-refractivity contribution < 1.29 is 9.84 Å². The van der Waals surface area contributed by atoms with Crippen LogP contribution in [0.3, 0.4) is 0 Å². The van der Waals surface area contributed by atoms with Gasteiger partial charge in [-0.1, -0.05) is 0 Å². The Labute approximate surface area is 142 Å². The van der Waals surface area contributed by atoms with Crippen LogP contribution in [0.1, 0.15) is 4.88 Å². The van der Waals surface area contributed by atoms with E-state index < -0.39 is 0 Å². The number of methoxy groups -OCH3 is 1. The average molecular weight is 337 g/mol. The van der Waals surface area contributed by atoms with E-state index in [-0.39, 0.29) is 6.61 Å². The second kappa shape index (κ2) is 6.07. The minimum atomic E-state index is 0.0724. The van der Waals surface area contributed by atoms with Gasteiger partial charge in [-0.25, -0.2) is 9.97 Å². The zero-order valence-corrected chi connectivity index (χ0v) is 13.8. The third-order valence-electron chi connectivity index (χ3n) is 3.83. The summed E-state index contributed by atoms with van der Waals surface area (Å²) in [4.78, 5) is 9.84. The van der Waals surface area contributed by atoms with Crippen LogP contribution in [0.4, 0.5) is 0 Å². The molecule has 0 radical (unpaired) electrons. The van der Waals surface area contributed by atoms with E-state index in [0.717, 1.165) is 32.9 Å². The molecule has 0 unspecified atom stereocenters. The summed E-state index contributed by atoms with van der Waals surface area (Å²) in [5.41, 5.74) is 4.72. The Bertz CT molecular complexity index is 1010. The maximum Gasteiger partial charge on any atom is 0.222 e. The third-order valence-corrected chi connectivity index (χ3v) is 4.76. The van der Waals surface area contributed by atoms with Crippen molar-refractivity contribution in [2.75, 3.05) is 7.11 Å². The van der Waals surface area contributed by atoms with Crippen LogP contribution in [-0.4, -0.2) is 26.6 Å². The molecule has 0 saturated heterocycles. The van der Waals surface area contributed by atoms with Gasteiger partial charge in [0.2, 0.25) is 5.88 Å². The van der Waals surface area contributed by atoms with Gasteiger partial charge in [0.25, 0.3) is 0 Å². The van der Waals surface area contributed by atoms with Crippen molar-refractivity contribution >= 4 is 17.0 Å². The molecule has 120 valence electrons. The normalized spacial score (nSPS) is 11.1. The van der Waals surface area contributed by atoms with Crippen molar-refractivity contribution in [3.8, 4) is 28.3 Å². The Balaban J connectivity index is 1.78. The second-order valence-corrected chi connectivity index (χ2v) is 6.33. The molecule has 4 heterocycles. The molecule has 0 aliphatic rings. The molecule has 5 nitrogen and oxygen atoms in total. The summed E-state index contributed by atoms with van der Waals surface area (Å²) < 4.78 is 7.31. The summed E-state index contributed by atoms with van der Waals surface area (Å²) in [5, 5.41) is 11.3. The number of rotatable bonds is 4. The Kier molecular flexibility index (Phi) is 3.76. The van der Waals surface area contributed by atoms with Crippen molar-refractivity contribution in [1.82, 2.24) is 14.4 Å². The number of aliphatic hydroxyl groups excluding tert-OH is 1. The lowest BCUT2D eigenvalue weighted by molar-refractivity contribution is 0.285. The van der Waals surface area contributed by atoms with E-state index in [1.807, 2.05) is 47.1 Å². The quantitative estimate of drug-likeness (QED) is 0.618. The Hall–Kier alpha value is -2.70. The molecular formula is C18H15N3O2S. The summed E-state index contributed by atoms with van der Waals surface area (Å²) in [5.74, 6) is 0.562. The van der Waals surface area contributed by atoms with E-state index in [2.05, 4.69) is 15.3 Å².